The number of fused-ring (bicyclic) bond motifs is 2. The van der Waals surface area contributed by atoms with Gasteiger partial charge in [-0.05, 0) is 55.0 Å². The lowest BCUT2D eigenvalue weighted by atomic mass is 9.67. The number of nitrogen functional groups attached to an aromatic ring is 1. The molecule has 1 heterocycles. The number of halogens is 3. The second-order valence-electron chi connectivity index (χ2n) is 9.05. The number of anilines is 1. The zero-order valence-corrected chi connectivity index (χ0v) is 20.4. The number of hydrogen-bond acceptors (Lipinski definition) is 5. The van der Waals surface area contributed by atoms with E-state index in [9.17, 15) is 23.4 Å². The van der Waals surface area contributed by atoms with Crippen molar-refractivity contribution in [3.8, 4) is 5.75 Å². The van der Waals surface area contributed by atoms with E-state index in [2.05, 4.69) is 16.5 Å². The first-order valence-corrected chi connectivity index (χ1v) is 11.2. The van der Waals surface area contributed by atoms with E-state index in [4.69, 9.17) is 5.73 Å². The van der Waals surface area contributed by atoms with Gasteiger partial charge in [-0.1, -0.05) is 44.2 Å². The van der Waals surface area contributed by atoms with E-state index >= 15 is 0 Å². The zero-order chi connectivity index (χ0) is 26.3. The molecular formula is C27H30F3N3O2. The van der Waals surface area contributed by atoms with Crippen LogP contribution in [0.4, 0.5) is 18.9 Å². The van der Waals surface area contributed by atoms with Crippen molar-refractivity contribution < 1.29 is 23.4 Å². The van der Waals surface area contributed by atoms with Crippen molar-refractivity contribution in [2.45, 2.75) is 58.2 Å². The van der Waals surface area contributed by atoms with Gasteiger partial charge >= 0.3 is 6.18 Å². The average Bonchev–Trinajstić information content (AvgIpc) is 2.79. The number of rotatable bonds is 2. The fraction of sp³-hybridized carbons (Fsp3) is 0.333. The van der Waals surface area contributed by atoms with Gasteiger partial charge in [0.15, 0.2) is 5.60 Å². The molecule has 2 unspecified atom stereocenters. The summed E-state index contributed by atoms with van der Waals surface area (Å²) < 4.78 is 41.1. The number of aromatic nitrogens is 2. The molecule has 1 aliphatic rings. The fourth-order valence-corrected chi connectivity index (χ4v) is 4.53. The van der Waals surface area contributed by atoms with Crippen molar-refractivity contribution >= 4 is 22.2 Å². The molecule has 8 heteroatoms. The number of alkyl halides is 3. The van der Waals surface area contributed by atoms with E-state index in [0.29, 0.717) is 5.56 Å². The van der Waals surface area contributed by atoms with Gasteiger partial charge in [0.05, 0.1) is 11.2 Å². The normalized spacial score (nSPS) is 19.9. The molecule has 4 rings (SSSR count). The molecule has 5 nitrogen and oxygen atoms in total. The SMILES string of the molecule is C=CC1c2cc(C(C)C)c(N)c(O)c2C(C)=C(C)C1(O)C(F)(F)F.Cc1ncc2ccccc2n1. The summed E-state index contributed by atoms with van der Waals surface area (Å²) in [6.45, 7) is 11.7. The zero-order valence-electron chi connectivity index (χ0n) is 20.4. The standard InChI is InChI=1S/C18H22F3NO2.C9H8N2/c1-6-13-12-7-11(8(2)3)15(22)16(23)14(12)9(4)10(5)17(13,24)18(19,20)21;1-7-10-6-8-4-2-3-5-9(8)11-7/h6-8,13,23-24H,1,22H2,2-5H3;2-6H,1H3. The first-order valence-electron chi connectivity index (χ1n) is 11.2. The summed E-state index contributed by atoms with van der Waals surface area (Å²) in [6.07, 6.45) is -1.97. The molecule has 186 valence electrons. The summed E-state index contributed by atoms with van der Waals surface area (Å²) in [5, 5.41) is 22.2. The minimum Gasteiger partial charge on any atom is -0.505 e. The maximum Gasteiger partial charge on any atom is 0.422 e. The molecule has 0 radical (unpaired) electrons. The van der Waals surface area contributed by atoms with Gasteiger partial charge in [0.2, 0.25) is 0 Å². The number of nitrogens with zero attached hydrogens (tertiary/aromatic N) is 2. The summed E-state index contributed by atoms with van der Waals surface area (Å²) in [5.41, 5.74) is 4.94. The predicted molar refractivity (Wildman–Crippen MR) is 133 cm³/mol. The van der Waals surface area contributed by atoms with Gasteiger partial charge in [-0.15, -0.1) is 6.58 Å². The Kier molecular flexibility index (Phi) is 7.00. The van der Waals surface area contributed by atoms with Crippen molar-refractivity contribution in [3.05, 3.63) is 77.3 Å². The van der Waals surface area contributed by atoms with Gasteiger partial charge in [-0.2, -0.15) is 13.2 Å². The molecule has 0 spiro atoms. The van der Waals surface area contributed by atoms with E-state index in [1.54, 1.807) is 0 Å². The molecule has 35 heavy (non-hydrogen) atoms. The van der Waals surface area contributed by atoms with Crippen LogP contribution in [0, 0.1) is 6.92 Å². The van der Waals surface area contributed by atoms with E-state index in [0.717, 1.165) is 22.8 Å². The number of allylic oxidation sites excluding steroid dienone is 1. The lowest BCUT2D eigenvalue weighted by molar-refractivity contribution is -0.248. The molecule has 0 saturated heterocycles. The molecule has 0 amide bonds. The van der Waals surface area contributed by atoms with Crippen LogP contribution >= 0.6 is 0 Å². The van der Waals surface area contributed by atoms with E-state index in [1.807, 2.05) is 51.2 Å². The molecule has 3 aromatic rings. The summed E-state index contributed by atoms with van der Waals surface area (Å²) in [7, 11) is 0. The Morgan fingerprint density at radius 2 is 1.80 bits per heavy atom. The Bertz CT molecular complexity index is 1320. The number of aliphatic hydroxyl groups is 1. The fourth-order valence-electron chi connectivity index (χ4n) is 4.53. The van der Waals surface area contributed by atoms with Crippen molar-refractivity contribution in [1.82, 2.24) is 9.97 Å². The van der Waals surface area contributed by atoms with E-state index in [1.165, 1.54) is 19.9 Å². The van der Waals surface area contributed by atoms with Gasteiger partial charge in [0.25, 0.3) is 0 Å². The number of aryl methyl sites for hydroxylation is 1. The average molecular weight is 486 g/mol. The highest BCUT2D eigenvalue weighted by molar-refractivity contribution is 5.84. The summed E-state index contributed by atoms with van der Waals surface area (Å²) in [4.78, 5) is 8.36. The van der Waals surface area contributed by atoms with Crippen molar-refractivity contribution in [2.24, 2.45) is 0 Å². The van der Waals surface area contributed by atoms with Crippen molar-refractivity contribution in [3.63, 3.8) is 0 Å². The molecule has 2 atom stereocenters. The third-order valence-corrected chi connectivity index (χ3v) is 6.60. The van der Waals surface area contributed by atoms with Crippen LogP contribution in [-0.4, -0.2) is 32.0 Å². The van der Waals surface area contributed by atoms with E-state index < -0.39 is 17.7 Å². The maximum atomic E-state index is 13.7. The number of para-hydroxylation sites is 1. The highest BCUT2D eigenvalue weighted by atomic mass is 19.4. The molecule has 4 N–H and O–H groups in total. The Hall–Kier alpha value is -3.39. The van der Waals surface area contributed by atoms with E-state index in [-0.39, 0.29) is 39.6 Å². The van der Waals surface area contributed by atoms with Gasteiger partial charge in [-0.3, -0.25) is 0 Å². The number of benzene rings is 2. The van der Waals surface area contributed by atoms with Crippen LogP contribution in [0.15, 0.2) is 54.8 Å². The van der Waals surface area contributed by atoms with Crippen LogP contribution in [0.3, 0.4) is 0 Å². The molecule has 0 fully saturated rings. The third kappa shape index (κ3) is 4.38. The first-order chi connectivity index (χ1) is 16.3. The lowest BCUT2D eigenvalue weighted by Crippen LogP contribution is -2.52. The number of nitrogens with two attached hydrogens (primary N) is 1. The molecular weight excluding hydrogens is 455 g/mol. The van der Waals surface area contributed by atoms with Crippen LogP contribution < -0.4 is 5.73 Å². The molecule has 1 aromatic heterocycles. The van der Waals surface area contributed by atoms with Crippen LogP contribution in [0.25, 0.3) is 16.5 Å². The van der Waals surface area contributed by atoms with Gasteiger partial charge in [0.1, 0.15) is 11.6 Å². The van der Waals surface area contributed by atoms with Crippen molar-refractivity contribution in [1.29, 1.82) is 0 Å². The lowest BCUT2D eigenvalue weighted by Gasteiger charge is -2.43. The van der Waals surface area contributed by atoms with Crippen LogP contribution in [0.5, 0.6) is 5.75 Å². The Labute approximate surface area is 202 Å². The van der Waals surface area contributed by atoms with Crippen molar-refractivity contribution in [2.75, 3.05) is 5.73 Å². The van der Waals surface area contributed by atoms with Gasteiger partial charge < -0.3 is 15.9 Å². The maximum absolute atomic E-state index is 13.7. The summed E-state index contributed by atoms with van der Waals surface area (Å²) >= 11 is 0. The molecule has 0 bridgehead atoms. The molecule has 2 aromatic carbocycles. The minimum absolute atomic E-state index is 0.0991. The van der Waals surface area contributed by atoms with Crippen LogP contribution in [-0.2, 0) is 0 Å². The molecule has 1 aliphatic carbocycles. The van der Waals surface area contributed by atoms with Gasteiger partial charge in [0, 0.05) is 23.1 Å². The largest absolute Gasteiger partial charge is 0.505 e. The second-order valence-corrected chi connectivity index (χ2v) is 9.05. The number of hydrogen-bond donors (Lipinski definition) is 3. The Balaban J connectivity index is 0.000000256. The number of aromatic hydroxyl groups is 1. The summed E-state index contributed by atoms with van der Waals surface area (Å²) in [6, 6.07) is 9.50. The quantitative estimate of drug-likeness (QED) is 0.222. The highest BCUT2D eigenvalue weighted by Gasteiger charge is 2.61. The number of phenolic OH excluding ortho intramolecular Hbond substituents is 1. The minimum atomic E-state index is -4.89. The number of phenols is 1. The first kappa shape index (κ1) is 26.2. The monoisotopic (exact) mass is 485 g/mol. The Morgan fingerprint density at radius 1 is 1.17 bits per heavy atom. The smallest absolute Gasteiger partial charge is 0.422 e. The molecule has 0 saturated carbocycles. The molecule has 0 aliphatic heterocycles. The van der Waals surface area contributed by atoms with Crippen LogP contribution in [0.1, 0.15) is 62.0 Å². The third-order valence-electron chi connectivity index (χ3n) is 6.60. The predicted octanol–water partition coefficient (Wildman–Crippen LogP) is 6.41. The topological polar surface area (TPSA) is 92.3 Å². The van der Waals surface area contributed by atoms with Crippen LogP contribution in [0.2, 0.25) is 0 Å². The van der Waals surface area contributed by atoms with Gasteiger partial charge in [-0.25, -0.2) is 9.97 Å². The summed E-state index contributed by atoms with van der Waals surface area (Å²) in [5.74, 6) is -0.953. The second kappa shape index (κ2) is 9.34. The Morgan fingerprint density at radius 3 is 2.37 bits per heavy atom. The highest BCUT2D eigenvalue weighted by Crippen LogP contribution is 2.56.